The Kier molecular flexibility index (Phi) is 5.66. The lowest BCUT2D eigenvalue weighted by atomic mass is 10.2. The smallest absolute Gasteiger partial charge is 0.244 e. The van der Waals surface area contributed by atoms with Gasteiger partial charge < -0.3 is 4.90 Å². The predicted octanol–water partition coefficient (Wildman–Crippen LogP) is 4.03. The summed E-state index contributed by atoms with van der Waals surface area (Å²) >= 11 is 18.1. The molecule has 5 nitrogen and oxygen atoms in total. The summed E-state index contributed by atoms with van der Waals surface area (Å²) in [7, 11) is -3.72. The molecule has 0 radical (unpaired) electrons. The van der Waals surface area contributed by atoms with Gasteiger partial charge in [0.05, 0.1) is 15.6 Å². The summed E-state index contributed by atoms with van der Waals surface area (Å²) in [5.41, 5.74) is 1.26. The Balaban J connectivity index is 1.77. The van der Waals surface area contributed by atoms with Crippen LogP contribution in [0.5, 0.6) is 0 Å². The summed E-state index contributed by atoms with van der Waals surface area (Å²) in [6, 6.07) is 11.6. The van der Waals surface area contributed by atoms with Crippen molar-refractivity contribution in [2.24, 2.45) is 0 Å². The van der Waals surface area contributed by atoms with Crippen molar-refractivity contribution in [3.8, 4) is 6.07 Å². The number of hydrogen-bond acceptors (Lipinski definition) is 4. The van der Waals surface area contributed by atoms with E-state index in [1.807, 2.05) is 17.0 Å². The third kappa shape index (κ3) is 3.78. The van der Waals surface area contributed by atoms with Crippen molar-refractivity contribution in [1.82, 2.24) is 4.31 Å². The van der Waals surface area contributed by atoms with Crippen LogP contribution in [0.1, 0.15) is 5.56 Å². The SMILES string of the molecule is N#Cc1ccc(N2CCN(S(=O)(=O)c3cc(Cl)ccc3Cl)CC2)cc1Cl. The zero-order valence-electron chi connectivity index (χ0n) is 13.5. The first-order chi connectivity index (χ1) is 12.3. The van der Waals surface area contributed by atoms with Gasteiger partial charge in [-0.3, -0.25) is 0 Å². The molecule has 9 heteroatoms. The number of rotatable bonds is 3. The van der Waals surface area contributed by atoms with Gasteiger partial charge in [-0.25, -0.2) is 8.42 Å². The Morgan fingerprint density at radius 2 is 1.62 bits per heavy atom. The first-order valence-electron chi connectivity index (χ1n) is 7.73. The Labute approximate surface area is 167 Å². The highest BCUT2D eigenvalue weighted by atomic mass is 35.5. The van der Waals surface area contributed by atoms with Crippen molar-refractivity contribution in [1.29, 1.82) is 5.26 Å². The van der Waals surface area contributed by atoms with E-state index >= 15 is 0 Å². The molecule has 0 N–H and O–H groups in total. The summed E-state index contributed by atoms with van der Waals surface area (Å²) in [4.78, 5) is 2.04. The summed E-state index contributed by atoms with van der Waals surface area (Å²) in [6.07, 6.45) is 0. The highest BCUT2D eigenvalue weighted by Crippen LogP contribution is 2.29. The van der Waals surface area contributed by atoms with Crippen LogP contribution >= 0.6 is 34.8 Å². The zero-order chi connectivity index (χ0) is 18.9. The molecule has 0 aromatic heterocycles. The fourth-order valence-corrected chi connectivity index (χ4v) is 5.17. The fraction of sp³-hybridized carbons (Fsp3) is 0.235. The van der Waals surface area contributed by atoms with Crippen molar-refractivity contribution in [3.05, 3.63) is 57.0 Å². The minimum atomic E-state index is -3.72. The standard InChI is InChI=1S/C17H14Cl3N3O2S/c18-13-2-4-15(19)17(9-13)26(24,25)23-7-5-22(6-8-23)14-3-1-12(11-21)16(20)10-14/h1-4,9-10H,5-8H2. The Morgan fingerprint density at radius 1 is 0.923 bits per heavy atom. The zero-order valence-corrected chi connectivity index (χ0v) is 16.6. The average molecular weight is 431 g/mol. The maximum atomic E-state index is 12.8. The van der Waals surface area contributed by atoms with Crippen LogP contribution in [0.3, 0.4) is 0 Å². The fourth-order valence-electron chi connectivity index (χ4n) is 2.79. The van der Waals surface area contributed by atoms with Crippen LogP contribution in [-0.4, -0.2) is 38.9 Å². The van der Waals surface area contributed by atoms with Crippen molar-refractivity contribution < 1.29 is 8.42 Å². The number of hydrogen-bond donors (Lipinski definition) is 0. The van der Waals surface area contributed by atoms with E-state index in [1.54, 1.807) is 18.2 Å². The number of halogens is 3. The molecule has 1 saturated heterocycles. The monoisotopic (exact) mass is 429 g/mol. The largest absolute Gasteiger partial charge is 0.369 e. The number of piperazine rings is 1. The van der Waals surface area contributed by atoms with Crippen LogP contribution in [0, 0.1) is 11.3 Å². The van der Waals surface area contributed by atoms with Gasteiger partial charge in [-0.05, 0) is 36.4 Å². The Bertz CT molecular complexity index is 981. The molecular weight excluding hydrogens is 417 g/mol. The molecule has 0 saturated carbocycles. The summed E-state index contributed by atoms with van der Waals surface area (Å²) < 4.78 is 27.1. The lowest BCUT2D eigenvalue weighted by Crippen LogP contribution is -2.48. The molecule has 0 amide bonds. The minimum Gasteiger partial charge on any atom is -0.369 e. The van der Waals surface area contributed by atoms with Crippen LogP contribution in [0.15, 0.2) is 41.3 Å². The van der Waals surface area contributed by atoms with Gasteiger partial charge in [0.1, 0.15) is 11.0 Å². The van der Waals surface area contributed by atoms with Crippen LogP contribution in [0.4, 0.5) is 5.69 Å². The van der Waals surface area contributed by atoms with E-state index in [1.165, 1.54) is 16.4 Å². The lowest BCUT2D eigenvalue weighted by molar-refractivity contribution is 0.385. The molecule has 0 unspecified atom stereocenters. The maximum Gasteiger partial charge on any atom is 0.244 e. The second-order valence-corrected chi connectivity index (χ2v) is 8.90. The first-order valence-corrected chi connectivity index (χ1v) is 10.3. The van der Waals surface area contributed by atoms with Crippen molar-refractivity contribution in [2.75, 3.05) is 31.1 Å². The number of nitrogens with zero attached hydrogens (tertiary/aromatic N) is 3. The highest BCUT2D eigenvalue weighted by molar-refractivity contribution is 7.89. The van der Waals surface area contributed by atoms with Crippen molar-refractivity contribution in [3.63, 3.8) is 0 Å². The van der Waals surface area contributed by atoms with Crippen LogP contribution in [-0.2, 0) is 10.0 Å². The van der Waals surface area contributed by atoms with Crippen LogP contribution < -0.4 is 4.90 Å². The molecule has 1 fully saturated rings. The number of anilines is 1. The maximum absolute atomic E-state index is 12.8. The molecule has 0 spiro atoms. The molecule has 2 aromatic rings. The normalized spacial score (nSPS) is 15.7. The van der Waals surface area contributed by atoms with E-state index in [-0.39, 0.29) is 9.92 Å². The van der Waals surface area contributed by atoms with Gasteiger partial charge in [-0.15, -0.1) is 0 Å². The topological polar surface area (TPSA) is 64.4 Å². The van der Waals surface area contributed by atoms with E-state index in [0.717, 1.165) is 5.69 Å². The van der Waals surface area contributed by atoms with Gasteiger partial charge in [0.2, 0.25) is 10.0 Å². The molecule has 1 heterocycles. The van der Waals surface area contributed by atoms with Gasteiger partial charge in [-0.1, -0.05) is 34.8 Å². The number of sulfonamides is 1. The van der Waals surface area contributed by atoms with E-state index < -0.39 is 10.0 Å². The Morgan fingerprint density at radius 3 is 2.23 bits per heavy atom. The molecule has 136 valence electrons. The van der Waals surface area contributed by atoms with E-state index in [4.69, 9.17) is 40.1 Å². The molecule has 1 aliphatic rings. The molecular formula is C17H14Cl3N3O2S. The molecule has 1 aliphatic heterocycles. The Hall–Kier alpha value is -1.49. The number of benzene rings is 2. The summed E-state index contributed by atoms with van der Waals surface area (Å²) in [5.74, 6) is 0. The quantitative estimate of drug-likeness (QED) is 0.737. The first kappa shape index (κ1) is 19.3. The van der Waals surface area contributed by atoms with Gasteiger partial charge in [0, 0.05) is 36.9 Å². The average Bonchev–Trinajstić information content (AvgIpc) is 2.63. The van der Waals surface area contributed by atoms with Gasteiger partial charge >= 0.3 is 0 Å². The summed E-state index contributed by atoms with van der Waals surface area (Å²) in [6.45, 7) is 1.62. The molecule has 26 heavy (non-hydrogen) atoms. The number of nitriles is 1. The molecule has 0 aliphatic carbocycles. The molecule has 0 bridgehead atoms. The summed E-state index contributed by atoms with van der Waals surface area (Å²) in [5, 5.41) is 9.80. The predicted molar refractivity (Wildman–Crippen MR) is 104 cm³/mol. The molecule has 2 aromatic carbocycles. The van der Waals surface area contributed by atoms with Gasteiger partial charge in [0.15, 0.2) is 0 Å². The molecule has 3 rings (SSSR count). The van der Waals surface area contributed by atoms with Crippen LogP contribution in [0.25, 0.3) is 0 Å². The second-order valence-electron chi connectivity index (χ2n) is 5.74. The van der Waals surface area contributed by atoms with E-state index in [2.05, 4.69) is 0 Å². The second kappa shape index (κ2) is 7.63. The van der Waals surface area contributed by atoms with E-state index in [9.17, 15) is 8.42 Å². The van der Waals surface area contributed by atoms with Gasteiger partial charge in [0.25, 0.3) is 0 Å². The third-order valence-electron chi connectivity index (χ3n) is 4.19. The van der Waals surface area contributed by atoms with Crippen LogP contribution in [0.2, 0.25) is 15.1 Å². The lowest BCUT2D eigenvalue weighted by Gasteiger charge is -2.35. The van der Waals surface area contributed by atoms with Gasteiger partial charge in [-0.2, -0.15) is 9.57 Å². The molecule has 0 atom stereocenters. The minimum absolute atomic E-state index is 0.0153. The van der Waals surface area contributed by atoms with E-state index in [0.29, 0.717) is 41.8 Å². The third-order valence-corrected chi connectivity index (χ3v) is 7.12. The van der Waals surface area contributed by atoms with Crippen molar-refractivity contribution >= 4 is 50.5 Å². The highest BCUT2D eigenvalue weighted by Gasteiger charge is 2.30. The van der Waals surface area contributed by atoms with Crippen molar-refractivity contribution in [2.45, 2.75) is 4.90 Å².